The largest absolute Gasteiger partial charge is 0.508 e. The van der Waals surface area contributed by atoms with Crippen LogP contribution in [-0.2, 0) is 6.61 Å². The number of nitriles is 1. The molecular formula is C16H12N2O5. The van der Waals surface area contributed by atoms with E-state index in [9.17, 15) is 20.3 Å². The zero-order chi connectivity index (χ0) is 16.6. The Labute approximate surface area is 130 Å². The summed E-state index contributed by atoms with van der Waals surface area (Å²) < 4.78 is 10.7. The number of aromatic hydroxyl groups is 1. The van der Waals surface area contributed by atoms with Crippen LogP contribution in [0.25, 0.3) is 0 Å². The van der Waals surface area contributed by atoms with Crippen LogP contribution in [0, 0.1) is 22.7 Å². The van der Waals surface area contributed by atoms with Crippen LogP contribution >= 0.6 is 0 Å². The highest BCUT2D eigenvalue weighted by atomic mass is 16.5. The molecule has 2 aromatic rings. The molecule has 23 heavy (non-hydrogen) atoms. The van der Waals surface area contributed by atoms with Gasteiger partial charge < -0.3 is 19.4 Å². The van der Waals surface area contributed by atoms with Crippen molar-refractivity contribution in [3.63, 3.8) is 0 Å². The van der Waals surface area contributed by atoms with Crippen LogP contribution in [0.3, 0.4) is 0 Å². The van der Waals surface area contributed by atoms with E-state index in [0.717, 1.165) is 6.07 Å². The first kappa shape index (κ1) is 14.8. The molecule has 7 heteroatoms. The predicted molar refractivity (Wildman–Crippen MR) is 78.3 cm³/mol. The van der Waals surface area contributed by atoms with Crippen molar-refractivity contribution in [3.8, 4) is 17.6 Å². The summed E-state index contributed by atoms with van der Waals surface area (Å²) in [7, 11) is 0. The summed E-state index contributed by atoms with van der Waals surface area (Å²) in [5.74, 6) is -2.03. The van der Waals surface area contributed by atoms with E-state index >= 15 is 0 Å². The van der Waals surface area contributed by atoms with Crippen LogP contribution < -0.4 is 10.2 Å². The summed E-state index contributed by atoms with van der Waals surface area (Å²) >= 11 is 0. The fraction of sp³-hybridized carbons (Fsp3) is 0.188. The van der Waals surface area contributed by atoms with Gasteiger partial charge in [0.25, 0.3) is 0 Å². The molecule has 2 atom stereocenters. The molecule has 2 unspecified atom stereocenters. The lowest BCUT2D eigenvalue weighted by atomic mass is 9.82. The number of nitrogens with zero attached hydrogens (tertiary/aromatic N) is 1. The summed E-state index contributed by atoms with van der Waals surface area (Å²) in [6.07, 6.45) is 0. The molecule has 0 saturated heterocycles. The Morgan fingerprint density at radius 2 is 2.00 bits per heavy atom. The lowest BCUT2D eigenvalue weighted by Gasteiger charge is -2.28. The van der Waals surface area contributed by atoms with E-state index in [0.29, 0.717) is 5.56 Å². The van der Waals surface area contributed by atoms with E-state index in [1.165, 1.54) is 12.1 Å². The highest BCUT2D eigenvalue weighted by molar-refractivity contribution is 5.84. The number of ether oxygens (including phenoxy) is 1. The molecule has 7 nitrogen and oxygen atoms in total. The van der Waals surface area contributed by atoms with Crippen molar-refractivity contribution in [2.24, 2.45) is 5.92 Å². The number of phenolic OH excluding ortho intramolecular Hbond substituents is 1. The summed E-state index contributed by atoms with van der Waals surface area (Å²) in [5, 5.41) is 35.9. The van der Waals surface area contributed by atoms with Crippen LogP contribution in [0.15, 0.2) is 39.5 Å². The van der Waals surface area contributed by atoms with Crippen molar-refractivity contribution in [2.75, 3.05) is 0 Å². The third-order valence-corrected chi connectivity index (χ3v) is 3.64. The quantitative estimate of drug-likeness (QED) is 0.770. The van der Waals surface area contributed by atoms with E-state index in [1.54, 1.807) is 12.1 Å². The Kier molecular flexibility index (Phi) is 3.60. The molecule has 1 aliphatic rings. The maximum atomic E-state index is 12.1. The van der Waals surface area contributed by atoms with Crippen LogP contribution in [0.4, 0.5) is 0 Å². The zero-order valence-electron chi connectivity index (χ0n) is 11.8. The molecule has 1 aliphatic heterocycles. The number of benzene rings is 1. The van der Waals surface area contributed by atoms with Gasteiger partial charge in [-0.05, 0) is 17.7 Å². The molecule has 1 aromatic carbocycles. The van der Waals surface area contributed by atoms with Crippen LogP contribution in [0.2, 0.25) is 0 Å². The van der Waals surface area contributed by atoms with Gasteiger partial charge in [-0.15, -0.1) is 0 Å². The van der Waals surface area contributed by atoms with Gasteiger partial charge in [-0.1, -0.05) is 12.1 Å². The van der Waals surface area contributed by atoms with Crippen molar-refractivity contribution in [1.82, 2.24) is 0 Å². The van der Waals surface area contributed by atoms with Gasteiger partial charge in [0, 0.05) is 6.07 Å². The molecule has 3 N–H and O–H groups in total. The first-order valence-electron chi connectivity index (χ1n) is 6.77. The van der Waals surface area contributed by atoms with Crippen LogP contribution in [-0.4, -0.2) is 16.1 Å². The SMILES string of the molecule is N#CC1C(=N)Oc2c(oc(CO)cc2=O)C1c1ccc(O)cc1. The zero-order valence-corrected chi connectivity index (χ0v) is 11.8. The van der Waals surface area contributed by atoms with Gasteiger partial charge in [-0.25, -0.2) is 0 Å². The topological polar surface area (TPSA) is 128 Å². The number of aliphatic hydroxyl groups excluding tert-OH is 1. The highest BCUT2D eigenvalue weighted by Gasteiger charge is 2.40. The maximum absolute atomic E-state index is 12.1. The van der Waals surface area contributed by atoms with Gasteiger partial charge in [0.15, 0.2) is 5.76 Å². The molecule has 0 aliphatic carbocycles. The minimum atomic E-state index is -0.982. The third-order valence-electron chi connectivity index (χ3n) is 3.64. The van der Waals surface area contributed by atoms with E-state index in [-0.39, 0.29) is 28.9 Å². The normalized spacial score (nSPS) is 19.6. The molecule has 0 spiro atoms. The Morgan fingerprint density at radius 1 is 1.30 bits per heavy atom. The van der Waals surface area contributed by atoms with Crippen molar-refractivity contribution in [2.45, 2.75) is 12.5 Å². The second kappa shape index (κ2) is 5.59. The van der Waals surface area contributed by atoms with Crippen molar-refractivity contribution in [3.05, 3.63) is 57.6 Å². The molecular weight excluding hydrogens is 300 g/mol. The number of fused-ring (bicyclic) bond motifs is 1. The Balaban J connectivity index is 2.25. The van der Waals surface area contributed by atoms with E-state index < -0.39 is 23.9 Å². The molecule has 2 heterocycles. The lowest BCUT2D eigenvalue weighted by Crippen LogP contribution is -2.33. The summed E-state index contributed by atoms with van der Waals surface area (Å²) in [6.45, 7) is -0.473. The fourth-order valence-electron chi connectivity index (χ4n) is 2.57. The molecule has 0 bridgehead atoms. The molecule has 0 amide bonds. The molecule has 0 fully saturated rings. The Morgan fingerprint density at radius 3 is 2.61 bits per heavy atom. The predicted octanol–water partition coefficient (Wildman–Crippen LogP) is 1.48. The minimum Gasteiger partial charge on any atom is -0.508 e. The van der Waals surface area contributed by atoms with Crippen molar-refractivity contribution in [1.29, 1.82) is 10.7 Å². The van der Waals surface area contributed by atoms with Gasteiger partial charge >= 0.3 is 0 Å². The van der Waals surface area contributed by atoms with Crippen LogP contribution in [0.5, 0.6) is 11.5 Å². The summed E-state index contributed by atoms with van der Waals surface area (Å²) in [4.78, 5) is 12.1. The standard InChI is InChI=1S/C16H12N2O5/c17-6-11-13(8-1-3-9(20)4-2-8)15-14(23-16(11)18)12(21)5-10(7-19)22-15/h1-5,11,13,18-20H,7H2. The van der Waals surface area contributed by atoms with Gasteiger partial charge in [0.2, 0.25) is 17.1 Å². The van der Waals surface area contributed by atoms with Gasteiger partial charge in [0.1, 0.15) is 24.0 Å². The van der Waals surface area contributed by atoms with E-state index in [4.69, 9.17) is 14.6 Å². The summed E-state index contributed by atoms with van der Waals surface area (Å²) in [5.41, 5.74) is 0.0575. The number of aliphatic hydroxyl groups is 1. The number of rotatable bonds is 2. The van der Waals surface area contributed by atoms with Crippen molar-refractivity contribution >= 4 is 5.90 Å². The van der Waals surface area contributed by atoms with E-state index in [1.807, 2.05) is 6.07 Å². The number of hydrogen-bond acceptors (Lipinski definition) is 7. The van der Waals surface area contributed by atoms with Gasteiger partial charge in [-0.3, -0.25) is 10.2 Å². The van der Waals surface area contributed by atoms with Crippen LogP contribution in [0.1, 0.15) is 23.0 Å². The number of nitrogens with one attached hydrogen (secondary N) is 1. The number of hydrogen-bond donors (Lipinski definition) is 3. The third kappa shape index (κ3) is 2.45. The molecule has 0 saturated carbocycles. The second-order valence-electron chi connectivity index (χ2n) is 5.07. The molecule has 116 valence electrons. The van der Waals surface area contributed by atoms with E-state index in [2.05, 4.69) is 0 Å². The summed E-state index contributed by atoms with van der Waals surface area (Å²) in [6, 6.07) is 9.11. The molecule has 0 radical (unpaired) electrons. The maximum Gasteiger partial charge on any atom is 0.228 e. The number of phenols is 1. The average Bonchev–Trinajstić information content (AvgIpc) is 2.55. The minimum absolute atomic E-state index is 0.0475. The Bertz CT molecular complexity index is 864. The first-order chi connectivity index (χ1) is 11.0. The van der Waals surface area contributed by atoms with Gasteiger partial charge in [0.05, 0.1) is 12.0 Å². The lowest BCUT2D eigenvalue weighted by molar-refractivity contribution is 0.230. The molecule has 3 rings (SSSR count). The highest BCUT2D eigenvalue weighted by Crippen LogP contribution is 2.41. The van der Waals surface area contributed by atoms with Gasteiger partial charge in [-0.2, -0.15) is 5.26 Å². The smallest absolute Gasteiger partial charge is 0.228 e. The average molecular weight is 312 g/mol. The fourth-order valence-corrected chi connectivity index (χ4v) is 2.57. The molecule has 1 aromatic heterocycles. The second-order valence-corrected chi connectivity index (χ2v) is 5.07. The van der Waals surface area contributed by atoms with Crippen molar-refractivity contribution < 1.29 is 19.4 Å². The monoisotopic (exact) mass is 312 g/mol. The Hall–Kier alpha value is -3.11. The first-order valence-corrected chi connectivity index (χ1v) is 6.77.